The van der Waals surface area contributed by atoms with Crippen LogP contribution < -0.4 is 9.64 Å². The topological polar surface area (TPSA) is 38.2 Å². The second kappa shape index (κ2) is 6.87. The predicted molar refractivity (Wildman–Crippen MR) is 96.4 cm³/mol. The molecule has 0 amide bonds. The third-order valence-corrected chi connectivity index (χ3v) is 4.66. The standard InChI is InChI=1S/C20H21N3O/c1-2-4-19-17(3-1)5-6-20(22-19)23-13-9-16(10-14-23)15-24-18-7-11-21-12-8-18/h1-8,11-12,16H,9-10,13-15H2. The largest absolute Gasteiger partial charge is 0.493 e. The molecule has 0 bridgehead atoms. The summed E-state index contributed by atoms with van der Waals surface area (Å²) in [7, 11) is 0. The number of anilines is 1. The summed E-state index contributed by atoms with van der Waals surface area (Å²) in [6.07, 6.45) is 5.81. The van der Waals surface area contributed by atoms with Gasteiger partial charge < -0.3 is 9.64 Å². The lowest BCUT2D eigenvalue weighted by molar-refractivity contribution is 0.222. The molecule has 0 aliphatic carbocycles. The molecule has 0 radical (unpaired) electrons. The van der Waals surface area contributed by atoms with Gasteiger partial charge in [-0.3, -0.25) is 4.98 Å². The zero-order valence-corrected chi connectivity index (χ0v) is 13.6. The van der Waals surface area contributed by atoms with Gasteiger partial charge in [-0.05, 0) is 49.1 Å². The fourth-order valence-corrected chi connectivity index (χ4v) is 3.21. The van der Waals surface area contributed by atoms with E-state index in [1.807, 2.05) is 18.2 Å². The summed E-state index contributed by atoms with van der Waals surface area (Å²) < 4.78 is 5.87. The van der Waals surface area contributed by atoms with E-state index in [0.29, 0.717) is 5.92 Å². The average Bonchev–Trinajstić information content (AvgIpc) is 2.67. The van der Waals surface area contributed by atoms with Crippen LogP contribution in [0.1, 0.15) is 12.8 Å². The molecule has 0 spiro atoms. The number of benzene rings is 1. The van der Waals surface area contributed by atoms with Gasteiger partial charge in [-0.25, -0.2) is 4.98 Å². The van der Waals surface area contributed by atoms with E-state index in [1.165, 1.54) is 5.39 Å². The minimum atomic E-state index is 0.606. The average molecular weight is 319 g/mol. The highest BCUT2D eigenvalue weighted by molar-refractivity contribution is 5.80. The molecule has 1 aliphatic rings. The van der Waals surface area contributed by atoms with Crippen molar-refractivity contribution < 1.29 is 4.74 Å². The van der Waals surface area contributed by atoms with Crippen LogP contribution in [0.15, 0.2) is 60.9 Å². The highest BCUT2D eigenvalue weighted by atomic mass is 16.5. The highest BCUT2D eigenvalue weighted by Gasteiger charge is 2.20. The minimum absolute atomic E-state index is 0.606. The maximum Gasteiger partial charge on any atom is 0.129 e. The first-order valence-corrected chi connectivity index (χ1v) is 8.52. The number of hydrogen-bond acceptors (Lipinski definition) is 4. The summed E-state index contributed by atoms with van der Waals surface area (Å²) in [5.74, 6) is 2.60. The summed E-state index contributed by atoms with van der Waals surface area (Å²) in [6, 6.07) is 16.4. The lowest BCUT2D eigenvalue weighted by Crippen LogP contribution is -2.36. The Labute approximate surface area is 142 Å². The van der Waals surface area contributed by atoms with Gasteiger partial charge in [-0.1, -0.05) is 18.2 Å². The van der Waals surface area contributed by atoms with Gasteiger partial charge >= 0.3 is 0 Å². The maximum atomic E-state index is 5.87. The molecule has 4 nitrogen and oxygen atoms in total. The van der Waals surface area contributed by atoms with Crippen molar-refractivity contribution in [1.82, 2.24) is 9.97 Å². The minimum Gasteiger partial charge on any atom is -0.493 e. The lowest BCUT2D eigenvalue weighted by atomic mass is 9.98. The van der Waals surface area contributed by atoms with Crippen molar-refractivity contribution >= 4 is 16.7 Å². The van der Waals surface area contributed by atoms with Crippen molar-refractivity contribution in [2.75, 3.05) is 24.6 Å². The maximum absolute atomic E-state index is 5.87. The summed E-state index contributed by atoms with van der Waals surface area (Å²) in [6.45, 7) is 2.86. The van der Waals surface area contributed by atoms with Crippen LogP contribution in [0, 0.1) is 5.92 Å². The number of hydrogen-bond donors (Lipinski definition) is 0. The van der Waals surface area contributed by atoms with Crippen molar-refractivity contribution in [2.24, 2.45) is 5.92 Å². The second-order valence-electron chi connectivity index (χ2n) is 6.29. The summed E-state index contributed by atoms with van der Waals surface area (Å²) in [5.41, 5.74) is 1.07. The SMILES string of the molecule is c1ccc2nc(N3CCC(COc4ccncc4)CC3)ccc2c1. The van der Waals surface area contributed by atoms with Crippen LogP contribution in [0.25, 0.3) is 10.9 Å². The molecule has 0 unspecified atom stereocenters. The number of piperidine rings is 1. The normalized spacial score (nSPS) is 15.6. The Kier molecular flexibility index (Phi) is 4.28. The van der Waals surface area contributed by atoms with E-state index in [4.69, 9.17) is 9.72 Å². The van der Waals surface area contributed by atoms with Gasteiger partial charge in [0.15, 0.2) is 0 Å². The highest BCUT2D eigenvalue weighted by Crippen LogP contribution is 2.24. The molecule has 0 N–H and O–H groups in total. The molecule has 3 heterocycles. The van der Waals surface area contributed by atoms with Gasteiger partial charge in [-0.15, -0.1) is 0 Å². The Morgan fingerprint density at radius 3 is 2.58 bits per heavy atom. The number of rotatable bonds is 4. The van der Waals surface area contributed by atoms with Crippen LogP contribution in [-0.2, 0) is 0 Å². The van der Waals surface area contributed by atoms with Crippen molar-refractivity contribution in [1.29, 1.82) is 0 Å². The van der Waals surface area contributed by atoms with Gasteiger partial charge in [0, 0.05) is 30.9 Å². The Morgan fingerprint density at radius 1 is 0.958 bits per heavy atom. The van der Waals surface area contributed by atoms with Crippen molar-refractivity contribution in [3.63, 3.8) is 0 Å². The Morgan fingerprint density at radius 2 is 1.75 bits per heavy atom. The zero-order valence-electron chi connectivity index (χ0n) is 13.6. The van der Waals surface area contributed by atoms with E-state index in [1.54, 1.807) is 12.4 Å². The molecule has 4 heteroatoms. The molecule has 1 aromatic carbocycles. The van der Waals surface area contributed by atoms with Crippen LogP contribution in [0.3, 0.4) is 0 Å². The lowest BCUT2D eigenvalue weighted by Gasteiger charge is -2.32. The number of para-hydroxylation sites is 1. The molecular weight excluding hydrogens is 298 g/mol. The molecule has 0 saturated carbocycles. The van der Waals surface area contributed by atoms with Crippen LogP contribution in [0.5, 0.6) is 5.75 Å². The molecule has 3 aromatic rings. The molecule has 1 saturated heterocycles. The Balaban J connectivity index is 1.35. The van der Waals surface area contributed by atoms with E-state index in [0.717, 1.165) is 49.6 Å². The molecule has 24 heavy (non-hydrogen) atoms. The van der Waals surface area contributed by atoms with Crippen LogP contribution in [-0.4, -0.2) is 29.7 Å². The third kappa shape index (κ3) is 3.32. The first kappa shape index (κ1) is 14.9. The van der Waals surface area contributed by atoms with Gasteiger partial charge in [0.05, 0.1) is 12.1 Å². The monoisotopic (exact) mass is 319 g/mol. The van der Waals surface area contributed by atoms with Gasteiger partial charge in [-0.2, -0.15) is 0 Å². The van der Waals surface area contributed by atoms with E-state index < -0.39 is 0 Å². The zero-order chi connectivity index (χ0) is 16.2. The number of fused-ring (bicyclic) bond motifs is 1. The summed E-state index contributed by atoms with van der Waals surface area (Å²) in [5, 5.41) is 1.20. The first-order chi connectivity index (χ1) is 11.9. The predicted octanol–water partition coefficient (Wildman–Crippen LogP) is 3.93. The Hall–Kier alpha value is -2.62. The molecule has 1 fully saturated rings. The fraction of sp³-hybridized carbons (Fsp3) is 0.300. The fourth-order valence-electron chi connectivity index (χ4n) is 3.21. The van der Waals surface area contributed by atoms with Crippen LogP contribution >= 0.6 is 0 Å². The van der Waals surface area contributed by atoms with Crippen molar-refractivity contribution in [3.8, 4) is 5.75 Å². The molecule has 4 rings (SSSR count). The van der Waals surface area contributed by atoms with E-state index in [2.05, 4.69) is 40.2 Å². The number of ether oxygens (including phenoxy) is 1. The van der Waals surface area contributed by atoms with Gasteiger partial charge in [0.25, 0.3) is 0 Å². The summed E-state index contributed by atoms with van der Waals surface area (Å²) >= 11 is 0. The molecular formula is C20H21N3O. The van der Waals surface area contributed by atoms with Crippen LogP contribution in [0.4, 0.5) is 5.82 Å². The molecule has 0 atom stereocenters. The van der Waals surface area contributed by atoms with Gasteiger partial charge in [0.2, 0.25) is 0 Å². The van der Waals surface area contributed by atoms with Crippen molar-refractivity contribution in [2.45, 2.75) is 12.8 Å². The number of aromatic nitrogens is 2. The van der Waals surface area contributed by atoms with Gasteiger partial charge in [0.1, 0.15) is 11.6 Å². The first-order valence-electron chi connectivity index (χ1n) is 8.52. The molecule has 2 aromatic heterocycles. The van der Waals surface area contributed by atoms with E-state index >= 15 is 0 Å². The van der Waals surface area contributed by atoms with E-state index in [-0.39, 0.29) is 0 Å². The quantitative estimate of drug-likeness (QED) is 0.730. The third-order valence-electron chi connectivity index (χ3n) is 4.66. The Bertz CT molecular complexity index is 798. The van der Waals surface area contributed by atoms with E-state index in [9.17, 15) is 0 Å². The molecule has 122 valence electrons. The molecule has 1 aliphatic heterocycles. The second-order valence-corrected chi connectivity index (χ2v) is 6.29. The van der Waals surface area contributed by atoms with Crippen LogP contribution in [0.2, 0.25) is 0 Å². The smallest absolute Gasteiger partial charge is 0.129 e. The number of pyridine rings is 2. The number of nitrogens with zero attached hydrogens (tertiary/aromatic N) is 3. The summed E-state index contributed by atoms with van der Waals surface area (Å²) in [4.78, 5) is 11.2. The van der Waals surface area contributed by atoms with Crippen molar-refractivity contribution in [3.05, 3.63) is 60.9 Å².